The van der Waals surface area contributed by atoms with E-state index >= 15 is 0 Å². The van der Waals surface area contributed by atoms with Crippen LogP contribution >= 0.6 is 11.3 Å². The Morgan fingerprint density at radius 2 is 2.69 bits per heavy atom. The van der Waals surface area contributed by atoms with Gasteiger partial charge in [-0.3, -0.25) is 9.69 Å². The fraction of sp³-hybridized carbons (Fsp3) is 0.600. The van der Waals surface area contributed by atoms with Crippen LogP contribution in [0.25, 0.3) is 0 Å². The summed E-state index contributed by atoms with van der Waals surface area (Å²) in [6.07, 6.45) is 1.69. The van der Waals surface area contributed by atoms with E-state index in [1.807, 2.05) is 5.38 Å². The average molecular weight is 240 g/mol. The van der Waals surface area contributed by atoms with Gasteiger partial charge >= 0.3 is 0 Å². The zero-order valence-corrected chi connectivity index (χ0v) is 10.1. The summed E-state index contributed by atoms with van der Waals surface area (Å²) in [7, 11) is 0. The summed E-state index contributed by atoms with van der Waals surface area (Å²) in [6, 6.07) is 0.413. The first kappa shape index (κ1) is 11.5. The van der Waals surface area contributed by atoms with Gasteiger partial charge in [0.05, 0.1) is 6.54 Å². The zero-order valence-electron chi connectivity index (χ0n) is 9.27. The molecule has 0 aliphatic carbocycles. The minimum absolute atomic E-state index is 0.0173. The molecule has 0 saturated carbocycles. The molecule has 1 aliphatic rings. The highest BCUT2D eigenvalue weighted by atomic mass is 32.1. The summed E-state index contributed by atoms with van der Waals surface area (Å²) in [5, 5.41) is 8.62. The van der Waals surface area contributed by atoms with E-state index in [1.165, 1.54) is 11.3 Å². The predicted molar refractivity (Wildman–Crippen MR) is 64.6 cm³/mol. The van der Waals surface area contributed by atoms with Gasteiger partial charge in [-0.05, 0) is 6.92 Å². The number of rotatable bonds is 3. The summed E-state index contributed by atoms with van der Waals surface area (Å²) in [5.41, 5.74) is 0. The number of hydrogen-bond donors (Lipinski definition) is 2. The number of amides is 1. The SMILES string of the molecule is C[C@@H]1CNCCN1CC(=O)Nc1nccs1. The van der Waals surface area contributed by atoms with Crippen LogP contribution in [0.5, 0.6) is 0 Å². The molecule has 0 spiro atoms. The fourth-order valence-electron chi connectivity index (χ4n) is 1.75. The third-order valence-electron chi connectivity index (χ3n) is 2.66. The number of hydrogen-bond acceptors (Lipinski definition) is 5. The molecule has 1 aromatic rings. The lowest BCUT2D eigenvalue weighted by molar-refractivity contribution is -0.118. The van der Waals surface area contributed by atoms with Gasteiger partial charge in [-0.1, -0.05) is 0 Å². The van der Waals surface area contributed by atoms with Gasteiger partial charge in [0, 0.05) is 37.3 Å². The van der Waals surface area contributed by atoms with Crippen molar-refractivity contribution in [1.29, 1.82) is 0 Å². The number of piperazine rings is 1. The Kier molecular flexibility index (Phi) is 3.87. The molecule has 6 heteroatoms. The Morgan fingerprint density at radius 1 is 1.81 bits per heavy atom. The van der Waals surface area contributed by atoms with Crippen LogP contribution in [-0.2, 0) is 4.79 Å². The van der Waals surface area contributed by atoms with Gasteiger partial charge in [0.25, 0.3) is 0 Å². The molecule has 0 radical (unpaired) electrons. The predicted octanol–water partition coefficient (Wildman–Crippen LogP) is 0.375. The Labute approximate surface area is 98.9 Å². The molecule has 0 unspecified atom stereocenters. The molecule has 0 bridgehead atoms. The molecule has 2 rings (SSSR count). The van der Waals surface area contributed by atoms with Crippen molar-refractivity contribution in [2.24, 2.45) is 0 Å². The largest absolute Gasteiger partial charge is 0.314 e. The highest BCUT2D eigenvalue weighted by Gasteiger charge is 2.20. The summed E-state index contributed by atoms with van der Waals surface area (Å²) in [5.74, 6) is 0.0173. The van der Waals surface area contributed by atoms with E-state index in [9.17, 15) is 4.79 Å². The van der Waals surface area contributed by atoms with Crippen molar-refractivity contribution in [1.82, 2.24) is 15.2 Å². The van der Waals surface area contributed by atoms with E-state index in [4.69, 9.17) is 0 Å². The molecular formula is C10H16N4OS. The third-order valence-corrected chi connectivity index (χ3v) is 3.35. The van der Waals surface area contributed by atoms with Gasteiger partial charge in [0.2, 0.25) is 5.91 Å². The summed E-state index contributed by atoms with van der Waals surface area (Å²) >= 11 is 1.44. The van der Waals surface area contributed by atoms with Crippen molar-refractivity contribution in [3.63, 3.8) is 0 Å². The number of aromatic nitrogens is 1. The van der Waals surface area contributed by atoms with Crippen LogP contribution in [0.15, 0.2) is 11.6 Å². The van der Waals surface area contributed by atoms with Gasteiger partial charge < -0.3 is 10.6 Å². The molecule has 2 heterocycles. The van der Waals surface area contributed by atoms with Crippen LogP contribution in [0.3, 0.4) is 0 Å². The molecule has 1 fully saturated rings. The molecule has 88 valence electrons. The summed E-state index contributed by atoms with van der Waals surface area (Å²) < 4.78 is 0. The van der Waals surface area contributed by atoms with Crippen molar-refractivity contribution in [2.75, 3.05) is 31.5 Å². The normalized spacial score (nSPS) is 21.9. The first-order chi connectivity index (χ1) is 7.75. The van der Waals surface area contributed by atoms with Crippen molar-refractivity contribution in [2.45, 2.75) is 13.0 Å². The maximum absolute atomic E-state index is 11.7. The number of anilines is 1. The topological polar surface area (TPSA) is 57.3 Å². The number of carbonyl (C=O) groups excluding carboxylic acids is 1. The van der Waals surface area contributed by atoms with E-state index < -0.39 is 0 Å². The van der Waals surface area contributed by atoms with Gasteiger partial charge in [-0.25, -0.2) is 4.98 Å². The molecule has 0 aromatic carbocycles. The monoisotopic (exact) mass is 240 g/mol. The first-order valence-electron chi connectivity index (χ1n) is 5.40. The summed E-state index contributed by atoms with van der Waals surface area (Å²) in [4.78, 5) is 17.9. The van der Waals surface area contributed by atoms with Gasteiger partial charge in [0.1, 0.15) is 0 Å². The molecule has 1 aromatic heterocycles. The molecule has 16 heavy (non-hydrogen) atoms. The maximum atomic E-state index is 11.7. The van der Waals surface area contributed by atoms with Crippen molar-refractivity contribution in [3.8, 4) is 0 Å². The molecule has 1 amide bonds. The maximum Gasteiger partial charge on any atom is 0.240 e. The minimum Gasteiger partial charge on any atom is -0.314 e. The van der Waals surface area contributed by atoms with Crippen LogP contribution in [0, 0.1) is 0 Å². The molecule has 5 nitrogen and oxygen atoms in total. The fourth-order valence-corrected chi connectivity index (χ4v) is 2.29. The highest BCUT2D eigenvalue weighted by Crippen LogP contribution is 2.10. The van der Waals surface area contributed by atoms with E-state index in [0.29, 0.717) is 17.7 Å². The van der Waals surface area contributed by atoms with Gasteiger partial charge in [0.15, 0.2) is 5.13 Å². The second-order valence-corrected chi connectivity index (χ2v) is 4.80. The third kappa shape index (κ3) is 3.01. The van der Waals surface area contributed by atoms with Crippen LogP contribution < -0.4 is 10.6 Å². The Hall–Kier alpha value is -0.980. The Balaban J connectivity index is 1.82. The van der Waals surface area contributed by atoms with Crippen LogP contribution in [-0.4, -0.2) is 48.0 Å². The van der Waals surface area contributed by atoms with Gasteiger partial charge in [-0.15, -0.1) is 11.3 Å². The molecule has 1 saturated heterocycles. The number of thiazole rings is 1. The van der Waals surface area contributed by atoms with Crippen molar-refractivity contribution >= 4 is 22.4 Å². The lowest BCUT2D eigenvalue weighted by atomic mass is 10.2. The lowest BCUT2D eigenvalue weighted by Crippen LogP contribution is -2.51. The van der Waals surface area contributed by atoms with E-state index in [1.54, 1.807) is 6.20 Å². The van der Waals surface area contributed by atoms with E-state index in [0.717, 1.165) is 19.6 Å². The molecule has 1 atom stereocenters. The minimum atomic E-state index is 0.0173. The summed E-state index contributed by atoms with van der Waals surface area (Å²) in [6.45, 7) is 5.40. The van der Waals surface area contributed by atoms with E-state index in [-0.39, 0.29) is 5.91 Å². The Bertz CT molecular complexity index is 341. The number of nitrogens with zero attached hydrogens (tertiary/aromatic N) is 2. The second kappa shape index (κ2) is 5.38. The lowest BCUT2D eigenvalue weighted by Gasteiger charge is -2.33. The van der Waals surface area contributed by atoms with E-state index in [2.05, 4.69) is 27.4 Å². The quantitative estimate of drug-likeness (QED) is 0.802. The van der Waals surface area contributed by atoms with Crippen LogP contribution in [0.4, 0.5) is 5.13 Å². The number of carbonyl (C=O) groups is 1. The van der Waals surface area contributed by atoms with Crippen LogP contribution in [0.1, 0.15) is 6.92 Å². The Morgan fingerprint density at radius 3 is 3.38 bits per heavy atom. The molecule has 1 aliphatic heterocycles. The van der Waals surface area contributed by atoms with Crippen LogP contribution in [0.2, 0.25) is 0 Å². The average Bonchev–Trinajstić information content (AvgIpc) is 2.74. The highest BCUT2D eigenvalue weighted by molar-refractivity contribution is 7.13. The standard InChI is InChI=1S/C10H16N4OS/c1-8-6-11-2-4-14(8)7-9(15)13-10-12-3-5-16-10/h3,5,8,11H,2,4,6-7H2,1H3,(H,12,13,15)/t8-/m1/s1. The van der Waals surface area contributed by atoms with Crippen molar-refractivity contribution < 1.29 is 4.79 Å². The second-order valence-electron chi connectivity index (χ2n) is 3.91. The zero-order chi connectivity index (χ0) is 11.4. The molecular weight excluding hydrogens is 224 g/mol. The smallest absolute Gasteiger partial charge is 0.240 e. The van der Waals surface area contributed by atoms with Gasteiger partial charge in [-0.2, -0.15) is 0 Å². The molecule has 2 N–H and O–H groups in total. The number of nitrogens with one attached hydrogen (secondary N) is 2. The van der Waals surface area contributed by atoms with Crippen molar-refractivity contribution in [3.05, 3.63) is 11.6 Å². The first-order valence-corrected chi connectivity index (χ1v) is 6.28.